The summed E-state index contributed by atoms with van der Waals surface area (Å²) in [5.74, 6) is -0.414. The van der Waals surface area contributed by atoms with Gasteiger partial charge in [0.1, 0.15) is 11.4 Å². The van der Waals surface area contributed by atoms with E-state index in [1.54, 1.807) is 18.2 Å². The zero-order chi connectivity index (χ0) is 13.3. The molecule has 2 aromatic rings. The number of carbonyl (C=O) groups excluding carboxylic acids is 1. The van der Waals surface area contributed by atoms with Gasteiger partial charge in [-0.3, -0.25) is 0 Å². The minimum Gasteiger partial charge on any atom is -0.465 e. The zero-order valence-electron chi connectivity index (χ0n) is 9.35. The van der Waals surface area contributed by atoms with E-state index >= 15 is 0 Å². The fourth-order valence-corrected chi connectivity index (χ4v) is 1.83. The summed E-state index contributed by atoms with van der Waals surface area (Å²) in [6.07, 6.45) is 1.32. The van der Waals surface area contributed by atoms with E-state index in [2.05, 4.69) is 9.84 Å². The molecule has 94 valence electrons. The molecule has 1 aromatic carbocycles. The molecule has 0 radical (unpaired) electrons. The Morgan fingerprint density at radius 1 is 1.44 bits per heavy atom. The first-order chi connectivity index (χ1) is 8.54. The molecule has 0 aliphatic carbocycles. The predicted octanol–water partition coefficient (Wildman–Crippen LogP) is 2.55. The second-order valence-electron chi connectivity index (χ2n) is 3.44. The van der Waals surface area contributed by atoms with Gasteiger partial charge in [0.15, 0.2) is 0 Å². The highest BCUT2D eigenvalue weighted by Gasteiger charge is 2.17. The fraction of sp³-hybridized carbons (Fsp3) is 0.0909. The van der Waals surface area contributed by atoms with Crippen molar-refractivity contribution in [2.24, 2.45) is 0 Å². The first-order valence-corrected chi connectivity index (χ1v) is 5.67. The number of hydrogen-bond acceptors (Lipinski definition) is 4. The average molecular weight is 286 g/mol. The smallest absolute Gasteiger partial charge is 0.343 e. The molecule has 0 fully saturated rings. The summed E-state index contributed by atoms with van der Waals surface area (Å²) in [4.78, 5) is 11.4. The molecule has 2 N–H and O–H groups in total. The maximum absolute atomic E-state index is 11.4. The van der Waals surface area contributed by atoms with Gasteiger partial charge in [-0.25, -0.2) is 9.48 Å². The molecule has 1 heterocycles. The number of hydrogen-bond donors (Lipinski definition) is 1. The van der Waals surface area contributed by atoms with Crippen LogP contribution in [0.2, 0.25) is 10.0 Å². The van der Waals surface area contributed by atoms with E-state index in [0.717, 1.165) is 0 Å². The molecule has 0 aliphatic heterocycles. The van der Waals surface area contributed by atoms with Gasteiger partial charge >= 0.3 is 5.97 Å². The number of nitrogen functional groups attached to an aromatic ring is 1. The average Bonchev–Trinajstić information content (AvgIpc) is 2.73. The number of rotatable bonds is 2. The minimum absolute atomic E-state index is 0.144. The maximum atomic E-state index is 11.4. The molecule has 0 unspecified atom stereocenters. The third kappa shape index (κ3) is 2.14. The van der Waals surface area contributed by atoms with Crippen LogP contribution in [0.5, 0.6) is 0 Å². The van der Waals surface area contributed by atoms with Crippen LogP contribution >= 0.6 is 23.2 Å². The van der Waals surface area contributed by atoms with Crippen molar-refractivity contribution in [3.05, 3.63) is 40.0 Å². The molecule has 0 atom stereocenters. The van der Waals surface area contributed by atoms with Crippen molar-refractivity contribution in [1.29, 1.82) is 0 Å². The third-order valence-corrected chi connectivity index (χ3v) is 2.90. The van der Waals surface area contributed by atoms with E-state index in [0.29, 0.717) is 15.7 Å². The van der Waals surface area contributed by atoms with Crippen LogP contribution in [-0.2, 0) is 4.74 Å². The Labute approximate surface area is 113 Å². The number of ether oxygens (including phenoxy) is 1. The molecular formula is C11H9Cl2N3O2. The molecule has 0 amide bonds. The summed E-state index contributed by atoms with van der Waals surface area (Å²) in [5.41, 5.74) is 6.50. The Morgan fingerprint density at radius 3 is 2.83 bits per heavy atom. The molecule has 0 bridgehead atoms. The molecule has 1 aromatic heterocycles. The maximum Gasteiger partial charge on any atom is 0.343 e. The van der Waals surface area contributed by atoms with E-state index in [1.807, 2.05) is 0 Å². The van der Waals surface area contributed by atoms with Crippen LogP contribution in [0.1, 0.15) is 10.4 Å². The van der Waals surface area contributed by atoms with Crippen molar-refractivity contribution in [2.45, 2.75) is 0 Å². The van der Waals surface area contributed by atoms with Gasteiger partial charge in [-0.05, 0) is 18.2 Å². The largest absolute Gasteiger partial charge is 0.465 e. The highest BCUT2D eigenvalue weighted by molar-refractivity contribution is 6.34. The quantitative estimate of drug-likeness (QED) is 0.861. The lowest BCUT2D eigenvalue weighted by molar-refractivity contribution is 0.0602. The van der Waals surface area contributed by atoms with E-state index in [4.69, 9.17) is 28.9 Å². The molecule has 2 rings (SSSR count). The van der Waals surface area contributed by atoms with E-state index in [-0.39, 0.29) is 11.4 Å². The van der Waals surface area contributed by atoms with Gasteiger partial charge in [-0.1, -0.05) is 23.2 Å². The van der Waals surface area contributed by atoms with Gasteiger partial charge in [0.05, 0.1) is 24.0 Å². The third-order valence-electron chi connectivity index (χ3n) is 2.35. The Hall–Kier alpha value is -1.72. The second kappa shape index (κ2) is 4.88. The van der Waals surface area contributed by atoms with Crippen molar-refractivity contribution in [3.8, 4) is 5.69 Å². The molecule has 0 saturated carbocycles. The summed E-state index contributed by atoms with van der Waals surface area (Å²) >= 11 is 11.9. The standard InChI is InChI=1S/C11H9Cl2N3O2/c1-18-11(17)7-5-15-16(10(7)14)9-4-6(12)2-3-8(9)13/h2-5H,14H2,1H3. The van der Waals surface area contributed by atoms with Crippen LogP contribution in [0, 0.1) is 0 Å². The molecule has 0 saturated heterocycles. The molecule has 18 heavy (non-hydrogen) atoms. The Morgan fingerprint density at radius 2 is 2.17 bits per heavy atom. The van der Waals surface area contributed by atoms with E-state index < -0.39 is 5.97 Å². The second-order valence-corrected chi connectivity index (χ2v) is 4.29. The number of aromatic nitrogens is 2. The van der Waals surface area contributed by atoms with Crippen molar-refractivity contribution in [2.75, 3.05) is 12.8 Å². The van der Waals surface area contributed by atoms with Crippen LogP contribution < -0.4 is 5.73 Å². The van der Waals surface area contributed by atoms with Crippen LogP contribution in [-0.4, -0.2) is 22.9 Å². The summed E-state index contributed by atoms with van der Waals surface area (Å²) < 4.78 is 5.92. The first-order valence-electron chi connectivity index (χ1n) is 4.92. The van der Waals surface area contributed by atoms with E-state index in [9.17, 15) is 4.79 Å². The zero-order valence-corrected chi connectivity index (χ0v) is 10.9. The Balaban J connectivity index is 2.55. The number of halogens is 2. The summed E-state index contributed by atoms with van der Waals surface area (Å²) in [5, 5.41) is 4.92. The van der Waals surface area contributed by atoms with Gasteiger partial charge in [0, 0.05) is 5.02 Å². The monoisotopic (exact) mass is 285 g/mol. The van der Waals surface area contributed by atoms with Crippen molar-refractivity contribution in [3.63, 3.8) is 0 Å². The normalized spacial score (nSPS) is 10.4. The number of esters is 1. The topological polar surface area (TPSA) is 70.1 Å². The van der Waals surface area contributed by atoms with Crippen molar-refractivity contribution in [1.82, 2.24) is 9.78 Å². The van der Waals surface area contributed by atoms with E-state index in [1.165, 1.54) is 18.0 Å². The molecule has 7 heteroatoms. The number of nitrogens with two attached hydrogens (primary N) is 1. The molecule has 0 aliphatic rings. The molecular weight excluding hydrogens is 277 g/mol. The summed E-state index contributed by atoms with van der Waals surface area (Å²) in [6.45, 7) is 0. The van der Waals surface area contributed by atoms with Gasteiger partial charge in [-0.15, -0.1) is 0 Å². The van der Waals surface area contributed by atoms with Gasteiger partial charge < -0.3 is 10.5 Å². The number of benzene rings is 1. The van der Waals surface area contributed by atoms with Crippen LogP contribution in [0.15, 0.2) is 24.4 Å². The highest BCUT2D eigenvalue weighted by atomic mass is 35.5. The van der Waals surface area contributed by atoms with Gasteiger partial charge in [-0.2, -0.15) is 5.10 Å². The van der Waals surface area contributed by atoms with Crippen molar-refractivity contribution < 1.29 is 9.53 Å². The lowest BCUT2D eigenvalue weighted by Gasteiger charge is -2.07. The Kier molecular flexibility index (Phi) is 3.45. The minimum atomic E-state index is -0.558. The fourth-order valence-electron chi connectivity index (χ4n) is 1.47. The van der Waals surface area contributed by atoms with Crippen LogP contribution in [0.4, 0.5) is 5.82 Å². The predicted molar refractivity (Wildman–Crippen MR) is 69.3 cm³/mol. The highest BCUT2D eigenvalue weighted by Crippen LogP contribution is 2.27. The number of anilines is 1. The molecule has 5 nitrogen and oxygen atoms in total. The SMILES string of the molecule is COC(=O)c1cnn(-c2cc(Cl)ccc2Cl)c1N. The number of nitrogens with zero attached hydrogens (tertiary/aromatic N) is 2. The van der Waals surface area contributed by atoms with Crippen LogP contribution in [0.25, 0.3) is 5.69 Å². The number of methoxy groups -OCH3 is 1. The lowest BCUT2D eigenvalue weighted by Crippen LogP contribution is -2.07. The lowest BCUT2D eigenvalue weighted by atomic mass is 10.3. The van der Waals surface area contributed by atoms with Gasteiger partial charge in [0.2, 0.25) is 0 Å². The van der Waals surface area contributed by atoms with Crippen molar-refractivity contribution >= 4 is 35.0 Å². The number of carbonyl (C=O) groups is 1. The molecule has 0 spiro atoms. The Bertz CT molecular complexity index is 610. The summed E-state index contributed by atoms with van der Waals surface area (Å²) in [6, 6.07) is 4.88. The first kappa shape index (κ1) is 12.7. The summed E-state index contributed by atoms with van der Waals surface area (Å²) in [7, 11) is 1.27. The van der Waals surface area contributed by atoms with Gasteiger partial charge in [0.25, 0.3) is 0 Å². The van der Waals surface area contributed by atoms with Crippen LogP contribution in [0.3, 0.4) is 0 Å².